The summed E-state index contributed by atoms with van der Waals surface area (Å²) in [4.78, 5) is 25.3. The first-order chi connectivity index (χ1) is 16.0. The van der Waals surface area contributed by atoms with Gasteiger partial charge in [-0.3, -0.25) is 4.79 Å². The third kappa shape index (κ3) is 3.80. The van der Waals surface area contributed by atoms with Gasteiger partial charge in [0.1, 0.15) is 17.9 Å². The molecule has 1 aromatic carbocycles. The summed E-state index contributed by atoms with van der Waals surface area (Å²) in [5, 5.41) is 11.6. The van der Waals surface area contributed by atoms with Crippen LogP contribution in [0.2, 0.25) is 0 Å². The SMILES string of the molecule is C=CC(=O)N1CCN(C2=NC=NC3=CC(c4c(O)ccc5c4CCCC5)=C(Cl)C(C)C32)CC1. The summed E-state index contributed by atoms with van der Waals surface area (Å²) < 4.78 is 0. The van der Waals surface area contributed by atoms with Crippen LogP contribution < -0.4 is 0 Å². The fourth-order valence-electron chi connectivity index (χ4n) is 5.53. The van der Waals surface area contributed by atoms with E-state index in [4.69, 9.17) is 11.6 Å². The second-order valence-corrected chi connectivity index (χ2v) is 9.56. The van der Waals surface area contributed by atoms with E-state index in [1.807, 2.05) is 17.0 Å². The number of carbonyl (C=O) groups excluding carboxylic acids is 1. The van der Waals surface area contributed by atoms with Crippen molar-refractivity contribution in [3.05, 3.63) is 58.3 Å². The zero-order valence-electron chi connectivity index (χ0n) is 18.9. The topological polar surface area (TPSA) is 68.5 Å². The first-order valence-corrected chi connectivity index (χ1v) is 12.1. The molecule has 1 aromatic rings. The molecule has 2 unspecified atom stereocenters. The Morgan fingerprint density at radius 2 is 1.97 bits per heavy atom. The second-order valence-electron chi connectivity index (χ2n) is 9.15. The molecular weight excluding hydrogens is 436 g/mol. The van der Waals surface area contributed by atoms with Crippen LogP contribution in [0.5, 0.6) is 5.75 Å². The molecule has 0 spiro atoms. The molecule has 33 heavy (non-hydrogen) atoms. The van der Waals surface area contributed by atoms with Crippen molar-refractivity contribution in [1.29, 1.82) is 0 Å². The minimum absolute atomic E-state index is 0.0236. The summed E-state index contributed by atoms with van der Waals surface area (Å²) >= 11 is 7.02. The first-order valence-electron chi connectivity index (χ1n) is 11.7. The van der Waals surface area contributed by atoms with Crippen LogP contribution >= 0.6 is 11.6 Å². The van der Waals surface area contributed by atoms with Crippen molar-refractivity contribution >= 4 is 35.3 Å². The highest BCUT2D eigenvalue weighted by atomic mass is 35.5. The molecule has 6 nitrogen and oxygen atoms in total. The highest BCUT2D eigenvalue weighted by Gasteiger charge is 2.39. The van der Waals surface area contributed by atoms with Crippen LogP contribution in [-0.4, -0.2) is 59.2 Å². The lowest BCUT2D eigenvalue weighted by Crippen LogP contribution is -2.53. The largest absolute Gasteiger partial charge is 0.507 e. The Labute approximate surface area is 199 Å². The molecule has 2 aliphatic heterocycles. The van der Waals surface area contributed by atoms with Gasteiger partial charge in [0.05, 0.1) is 11.6 Å². The Kier molecular flexibility index (Phi) is 5.87. The van der Waals surface area contributed by atoms with Gasteiger partial charge in [-0.25, -0.2) is 9.98 Å². The number of benzene rings is 1. The van der Waals surface area contributed by atoms with Crippen molar-refractivity contribution in [3.8, 4) is 5.75 Å². The molecule has 1 fully saturated rings. The molecular formula is C26H29ClN4O2. The van der Waals surface area contributed by atoms with Crippen molar-refractivity contribution in [1.82, 2.24) is 9.80 Å². The van der Waals surface area contributed by atoms with Crippen LogP contribution in [-0.2, 0) is 17.6 Å². The maximum Gasteiger partial charge on any atom is 0.246 e. The Morgan fingerprint density at radius 1 is 1.21 bits per heavy atom. The molecule has 172 valence electrons. The molecule has 0 bridgehead atoms. The number of hydrogen-bond donors (Lipinski definition) is 1. The molecule has 0 aromatic heterocycles. The molecule has 1 N–H and O–H groups in total. The minimum Gasteiger partial charge on any atom is -0.507 e. The number of phenols is 1. The lowest BCUT2D eigenvalue weighted by molar-refractivity contribution is -0.127. The third-order valence-electron chi connectivity index (χ3n) is 7.31. The number of aliphatic imine (C=N–C) groups is 2. The van der Waals surface area contributed by atoms with E-state index in [0.717, 1.165) is 47.0 Å². The Hall–Kier alpha value is -2.86. The predicted molar refractivity (Wildman–Crippen MR) is 133 cm³/mol. The van der Waals surface area contributed by atoms with Gasteiger partial charge < -0.3 is 14.9 Å². The standard InChI is InChI=1S/C26H29ClN4O2/c1-3-22(33)30-10-12-31(13-11-30)26-23-16(2)25(27)19(14-20(23)28-15-29-26)24-18-7-5-4-6-17(18)8-9-21(24)32/h3,8-9,14-16,23,32H,1,4-7,10-13H2,2H3. The number of amidine groups is 1. The van der Waals surface area contributed by atoms with E-state index in [9.17, 15) is 9.90 Å². The Balaban J connectivity index is 1.46. The van der Waals surface area contributed by atoms with Gasteiger partial charge in [-0.15, -0.1) is 0 Å². The zero-order valence-corrected chi connectivity index (χ0v) is 19.7. The lowest BCUT2D eigenvalue weighted by atomic mass is 9.78. The zero-order chi connectivity index (χ0) is 23.1. The summed E-state index contributed by atoms with van der Waals surface area (Å²) in [6, 6.07) is 3.84. The quantitative estimate of drug-likeness (QED) is 0.669. The number of hydrogen-bond acceptors (Lipinski definition) is 5. The van der Waals surface area contributed by atoms with Crippen molar-refractivity contribution in [2.24, 2.45) is 21.8 Å². The predicted octanol–water partition coefficient (Wildman–Crippen LogP) is 4.14. The second kappa shape index (κ2) is 8.82. The van der Waals surface area contributed by atoms with Crippen molar-refractivity contribution in [2.45, 2.75) is 32.6 Å². The minimum atomic E-state index is -0.0467. The van der Waals surface area contributed by atoms with E-state index >= 15 is 0 Å². The molecule has 0 radical (unpaired) electrons. The van der Waals surface area contributed by atoms with Gasteiger partial charge in [-0.05, 0) is 55.0 Å². The average molecular weight is 465 g/mol. The summed E-state index contributed by atoms with van der Waals surface area (Å²) in [6.45, 7) is 8.40. The van der Waals surface area contributed by atoms with E-state index in [1.165, 1.54) is 23.6 Å². The normalized spacial score (nSPS) is 24.7. The molecule has 7 heteroatoms. The maximum atomic E-state index is 12.0. The molecule has 2 heterocycles. The number of carbonyl (C=O) groups is 1. The monoisotopic (exact) mass is 464 g/mol. The van der Waals surface area contributed by atoms with Crippen molar-refractivity contribution in [2.75, 3.05) is 26.2 Å². The van der Waals surface area contributed by atoms with Gasteiger partial charge in [0.25, 0.3) is 0 Å². The maximum absolute atomic E-state index is 12.0. The number of piperazine rings is 1. The van der Waals surface area contributed by atoms with E-state index in [1.54, 1.807) is 12.4 Å². The number of phenolic OH excluding ortho intramolecular Hbond substituents is 1. The molecule has 0 saturated carbocycles. The number of fused-ring (bicyclic) bond motifs is 2. The highest BCUT2D eigenvalue weighted by molar-refractivity contribution is 6.34. The fraction of sp³-hybridized carbons (Fsp3) is 0.423. The van der Waals surface area contributed by atoms with E-state index in [2.05, 4.69) is 28.4 Å². The van der Waals surface area contributed by atoms with Crippen LogP contribution in [0.3, 0.4) is 0 Å². The van der Waals surface area contributed by atoms with Crippen LogP contribution in [0.4, 0.5) is 0 Å². The number of aromatic hydroxyl groups is 1. The smallest absolute Gasteiger partial charge is 0.246 e. The molecule has 5 rings (SSSR count). The van der Waals surface area contributed by atoms with Crippen molar-refractivity contribution < 1.29 is 9.90 Å². The molecule has 2 aliphatic carbocycles. The fourth-order valence-corrected chi connectivity index (χ4v) is 5.81. The van der Waals surface area contributed by atoms with Gasteiger partial charge >= 0.3 is 0 Å². The van der Waals surface area contributed by atoms with Crippen molar-refractivity contribution in [3.63, 3.8) is 0 Å². The number of nitrogens with zero attached hydrogens (tertiary/aromatic N) is 4. The van der Waals surface area contributed by atoms with Gasteiger partial charge in [0.2, 0.25) is 5.91 Å². The van der Waals surface area contributed by atoms with E-state index < -0.39 is 0 Å². The molecule has 2 atom stereocenters. The van der Waals surface area contributed by atoms with Crippen LogP contribution in [0, 0.1) is 11.8 Å². The summed E-state index contributed by atoms with van der Waals surface area (Å²) in [5.41, 5.74) is 5.19. The third-order valence-corrected chi connectivity index (χ3v) is 7.86. The number of rotatable bonds is 2. The average Bonchev–Trinajstić information content (AvgIpc) is 2.85. The van der Waals surface area contributed by atoms with Crippen LogP contribution in [0.1, 0.15) is 36.5 Å². The summed E-state index contributed by atoms with van der Waals surface area (Å²) in [5.74, 6) is 1.13. The molecule has 1 saturated heterocycles. The number of aryl methyl sites for hydroxylation is 1. The lowest BCUT2D eigenvalue weighted by Gasteiger charge is -2.41. The van der Waals surface area contributed by atoms with Gasteiger partial charge in [0.15, 0.2) is 0 Å². The first kappa shape index (κ1) is 22.0. The Bertz CT molecular complexity index is 1130. The number of halogens is 1. The number of amides is 1. The number of allylic oxidation sites excluding steroid dienone is 3. The van der Waals surface area contributed by atoms with E-state index in [-0.39, 0.29) is 23.5 Å². The van der Waals surface area contributed by atoms with Crippen LogP contribution in [0.25, 0.3) is 5.57 Å². The van der Waals surface area contributed by atoms with Crippen LogP contribution in [0.15, 0.2) is 51.6 Å². The molecule has 1 amide bonds. The summed E-state index contributed by atoms with van der Waals surface area (Å²) in [7, 11) is 0. The van der Waals surface area contributed by atoms with Gasteiger partial charge in [-0.1, -0.05) is 31.2 Å². The van der Waals surface area contributed by atoms with Gasteiger partial charge in [-0.2, -0.15) is 0 Å². The summed E-state index contributed by atoms with van der Waals surface area (Å²) in [6.07, 6.45) is 9.32. The van der Waals surface area contributed by atoms with Gasteiger partial charge in [0, 0.05) is 48.3 Å². The molecule has 4 aliphatic rings. The Morgan fingerprint density at radius 3 is 2.73 bits per heavy atom. The van der Waals surface area contributed by atoms with E-state index in [0.29, 0.717) is 26.2 Å². The highest BCUT2D eigenvalue weighted by Crippen LogP contribution is 2.46.